The molecule has 1 N–H and O–H groups in total. The van der Waals surface area contributed by atoms with E-state index in [1.54, 1.807) is 30.2 Å². The van der Waals surface area contributed by atoms with Crippen molar-refractivity contribution < 1.29 is 19.0 Å². The molecule has 4 nitrogen and oxygen atoms in total. The van der Waals surface area contributed by atoms with Crippen LogP contribution in [0.25, 0.3) is 11.1 Å². The molecule has 1 saturated heterocycles. The van der Waals surface area contributed by atoms with Gasteiger partial charge in [0.15, 0.2) is 0 Å². The molecule has 1 aliphatic heterocycles. The fourth-order valence-electron chi connectivity index (χ4n) is 3.76. The summed E-state index contributed by atoms with van der Waals surface area (Å²) in [5.41, 5.74) is 0.694. The highest BCUT2D eigenvalue weighted by Gasteiger charge is 2.48. The molecule has 1 heterocycles. The summed E-state index contributed by atoms with van der Waals surface area (Å²) in [6, 6.07) is 13.5. The van der Waals surface area contributed by atoms with Crippen molar-refractivity contribution in [2.24, 2.45) is 5.41 Å². The van der Waals surface area contributed by atoms with Crippen molar-refractivity contribution in [1.82, 2.24) is 4.90 Å². The predicted octanol–water partition coefficient (Wildman–Crippen LogP) is 3.74. The second-order valence-corrected chi connectivity index (χ2v) is 7.88. The molecular weight excluding hydrogens is 345 g/mol. The van der Waals surface area contributed by atoms with Gasteiger partial charge in [-0.15, -0.1) is 0 Å². The molecule has 2 aromatic carbocycles. The van der Waals surface area contributed by atoms with Crippen molar-refractivity contribution in [2.45, 2.75) is 25.9 Å². The second kappa shape index (κ2) is 7.41. The standard InChI is InChI=1S/C22H26FNO3/c1-21(2)14-24(13-12-22(21,26)15-27-3)20(25)19-7-5-4-6-18(19)16-8-10-17(23)11-9-16/h4-11,26H,12-15H2,1-3H3/t22-/m1/s1. The van der Waals surface area contributed by atoms with E-state index in [4.69, 9.17) is 4.74 Å². The molecule has 5 heteroatoms. The minimum atomic E-state index is -0.963. The van der Waals surface area contributed by atoms with E-state index in [-0.39, 0.29) is 18.3 Å². The van der Waals surface area contributed by atoms with Gasteiger partial charge < -0.3 is 14.7 Å². The zero-order chi connectivity index (χ0) is 19.7. The number of aliphatic hydroxyl groups is 1. The minimum absolute atomic E-state index is 0.0810. The van der Waals surface area contributed by atoms with Gasteiger partial charge in [0.1, 0.15) is 5.82 Å². The van der Waals surface area contributed by atoms with Crippen LogP contribution in [0.4, 0.5) is 4.39 Å². The average molecular weight is 371 g/mol. The number of carbonyl (C=O) groups excluding carboxylic acids is 1. The third-order valence-corrected chi connectivity index (χ3v) is 5.62. The van der Waals surface area contributed by atoms with Crippen molar-refractivity contribution in [2.75, 3.05) is 26.8 Å². The zero-order valence-electron chi connectivity index (χ0n) is 16.0. The lowest BCUT2D eigenvalue weighted by atomic mass is 9.70. The van der Waals surface area contributed by atoms with E-state index in [1.807, 2.05) is 32.0 Å². The monoisotopic (exact) mass is 371 g/mol. The molecule has 0 spiro atoms. The number of nitrogens with zero attached hydrogens (tertiary/aromatic N) is 1. The maximum Gasteiger partial charge on any atom is 0.254 e. The lowest BCUT2D eigenvalue weighted by Crippen LogP contribution is -2.60. The summed E-state index contributed by atoms with van der Waals surface area (Å²) in [4.78, 5) is 15.0. The van der Waals surface area contributed by atoms with Gasteiger partial charge in [0, 0.05) is 31.2 Å². The second-order valence-electron chi connectivity index (χ2n) is 7.88. The van der Waals surface area contributed by atoms with Crippen LogP contribution in [-0.2, 0) is 4.74 Å². The topological polar surface area (TPSA) is 49.8 Å². The molecule has 0 saturated carbocycles. The smallest absolute Gasteiger partial charge is 0.254 e. The van der Waals surface area contributed by atoms with Gasteiger partial charge in [0.25, 0.3) is 5.91 Å². The summed E-state index contributed by atoms with van der Waals surface area (Å²) in [5, 5.41) is 10.9. The summed E-state index contributed by atoms with van der Waals surface area (Å²) in [6.07, 6.45) is 0.457. The highest BCUT2D eigenvalue weighted by Crippen LogP contribution is 2.39. The molecule has 0 aromatic heterocycles. The van der Waals surface area contributed by atoms with Crippen LogP contribution in [0, 0.1) is 11.2 Å². The largest absolute Gasteiger partial charge is 0.387 e. The Balaban J connectivity index is 1.88. The first-order valence-electron chi connectivity index (χ1n) is 9.13. The molecule has 1 atom stereocenters. The van der Waals surface area contributed by atoms with Gasteiger partial charge in [0.2, 0.25) is 0 Å². The lowest BCUT2D eigenvalue weighted by Gasteiger charge is -2.50. The first-order chi connectivity index (χ1) is 12.8. The number of benzene rings is 2. The number of hydrogen-bond acceptors (Lipinski definition) is 3. The molecule has 27 heavy (non-hydrogen) atoms. The van der Waals surface area contributed by atoms with Gasteiger partial charge in [-0.3, -0.25) is 4.79 Å². The maximum absolute atomic E-state index is 13.3. The number of hydrogen-bond donors (Lipinski definition) is 1. The molecule has 0 bridgehead atoms. The Labute approximate surface area is 159 Å². The SMILES string of the molecule is COC[C@]1(O)CCN(C(=O)c2ccccc2-c2ccc(F)cc2)CC1(C)C. The van der Waals surface area contributed by atoms with E-state index in [9.17, 15) is 14.3 Å². The summed E-state index contributed by atoms with van der Waals surface area (Å²) in [5.74, 6) is -0.389. The van der Waals surface area contributed by atoms with Crippen LogP contribution in [0.2, 0.25) is 0 Å². The van der Waals surface area contributed by atoms with Gasteiger partial charge in [-0.05, 0) is 35.7 Å². The Morgan fingerprint density at radius 2 is 1.85 bits per heavy atom. The van der Waals surface area contributed by atoms with E-state index >= 15 is 0 Å². The Morgan fingerprint density at radius 1 is 1.19 bits per heavy atom. The van der Waals surface area contributed by atoms with Crippen LogP contribution in [0.3, 0.4) is 0 Å². The summed E-state index contributed by atoms with van der Waals surface area (Å²) in [7, 11) is 1.57. The number of rotatable bonds is 4. The van der Waals surface area contributed by atoms with Gasteiger partial charge in [-0.1, -0.05) is 44.2 Å². The van der Waals surface area contributed by atoms with Gasteiger partial charge in [0.05, 0.1) is 12.2 Å². The lowest BCUT2D eigenvalue weighted by molar-refractivity contribution is -0.144. The van der Waals surface area contributed by atoms with Crippen molar-refractivity contribution in [3.8, 4) is 11.1 Å². The Hall–Kier alpha value is -2.24. The summed E-state index contributed by atoms with van der Waals surface area (Å²) < 4.78 is 18.5. The van der Waals surface area contributed by atoms with Crippen molar-refractivity contribution in [3.63, 3.8) is 0 Å². The van der Waals surface area contributed by atoms with Gasteiger partial charge in [-0.25, -0.2) is 4.39 Å². The van der Waals surface area contributed by atoms with Gasteiger partial charge in [-0.2, -0.15) is 0 Å². The third-order valence-electron chi connectivity index (χ3n) is 5.62. The highest BCUT2D eigenvalue weighted by atomic mass is 19.1. The number of piperidine rings is 1. The molecule has 1 aliphatic rings. The van der Waals surface area contributed by atoms with Crippen LogP contribution in [0.5, 0.6) is 0 Å². The molecule has 2 aromatic rings. The molecule has 1 amide bonds. The number of likely N-dealkylation sites (tertiary alicyclic amines) is 1. The van der Waals surface area contributed by atoms with Crippen molar-refractivity contribution >= 4 is 5.91 Å². The van der Waals surface area contributed by atoms with Gasteiger partial charge >= 0.3 is 0 Å². The number of halogens is 1. The van der Waals surface area contributed by atoms with E-state index < -0.39 is 11.0 Å². The van der Waals surface area contributed by atoms with Crippen LogP contribution >= 0.6 is 0 Å². The van der Waals surface area contributed by atoms with Crippen LogP contribution < -0.4 is 0 Å². The highest BCUT2D eigenvalue weighted by molar-refractivity contribution is 6.01. The number of carbonyl (C=O) groups is 1. The van der Waals surface area contributed by atoms with E-state index in [0.717, 1.165) is 11.1 Å². The predicted molar refractivity (Wildman–Crippen MR) is 103 cm³/mol. The molecule has 3 rings (SSSR count). The molecule has 144 valence electrons. The first kappa shape index (κ1) is 19.5. The zero-order valence-corrected chi connectivity index (χ0v) is 16.0. The Morgan fingerprint density at radius 3 is 2.48 bits per heavy atom. The molecule has 0 unspecified atom stereocenters. The Kier molecular flexibility index (Phi) is 5.36. The van der Waals surface area contributed by atoms with Crippen LogP contribution in [0.1, 0.15) is 30.6 Å². The molecule has 0 radical (unpaired) electrons. The molecule has 1 fully saturated rings. The fourth-order valence-corrected chi connectivity index (χ4v) is 3.76. The van der Waals surface area contributed by atoms with E-state index in [0.29, 0.717) is 25.1 Å². The molecular formula is C22H26FNO3. The maximum atomic E-state index is 13.3. The first-order valence-corrected chi connectivity index (χ1v) is 9.13. The van der Waals surface area contributed by atoms with E-state index in [2.05, 4.69) is 0 Å². The van der Waals surface area contributed by atoms with Crippen molar-refractivity contribution in [3.05, 3.63) is 59.9 Å². The number of ether oxygens (including phenoxy) is 1. The van der Waals surface area contributed by atoms with Crippen LogP contribution in [-0.4, -0.2) is 48.3 Å². The third kappa shape index (κ3) is 3.75. The minimum Gasteiger partial charge on any atom is -0.387 e. The van der Waals surface area contributed by atoms with Crippen molar-refractivity contribution in [1.29, 1.82) is 0 Å². The number of methoxy groups -OCH3 is 1. The Bertz CT molecular complexity index is 819. The van der Waals surface area contributed by atoms with Crippen LogP contribution in [0.15, 0.2) is 48.5 Å². The van der Waals surface area contributed by atoms with E-state index in [1.165, 1.54) is 12.1 Å². The molecule has 0 aliphatic carbocycles. The fraction of sp³-hybridized carbons (Fsp3) is 0.409. The number of amides is 1. The quantitative estimate of drug-likeness (QED) is 0.891. The summed E-state index contributed by atoms with van der Waals surface area (Å²) in [6.45, 7) is 5.05. The normalized spacial score (nSPS) is 21.9. The summed E-state index contributed by atoms with van der Waals surface area (Å²) >= 11 is 0. The average Bonchev–Trinajstić information content (AvgIpc) is 2.64.